The molecule has 0 amide bonds. The summed E-state index contributed by atoms with van der Waals surface area (Å²) in [7, 11) is 0. The number of rotatable bonds is 2. The Balaban J connectivity index is 2.05. The van der Waals surface area contributed by atoms with Gasteiger partial charge in [-0.15, -0.1) is 0 Å². The summed E-state index contributed by atoms with van der Waals surface area (Å²) in [5.74, 6) is 1.15. The molecule has 0 aliphatic heterocycles. The molecule has 0 fully saturated rings. The van der Waals surface area contributed by atoms with Gasteiger partial charge < -0.3 is 11.5 Å². The minimum absolute atomic E-state index is 0.0439. The van der Waals surface area contributed by atoms with Gasteiger partial charge in [-0.05, 0) is 28.2 Å². The van der Waals surface area contributed by atoms with E-state index in [-0.39, 0.29) is 11.9 Å². The number of aromatic nitrogens is 2. The highest BCUT2D eigenvalue weighted by Gasteiger charge is 2.34. The second kappa shape index (κ2) is 5.34. The number of nitrogens with two attached hydrogens (primary N) is 2. The molecule has 0 spiro atoms. The number of anilines is 2. The second-order valence-electron chi connectivity index (χ2n) is 6.53. The summed E-state index contributed by atoms with van der Waals surface area (Å²) >= 11 is 0. The third-order valence-electron chi connectivity index (χ3n) is 4.73. The summed E-state index contributed by atoms with van der Waals surface area (Å²) in [6, 6.07) is 16.8. The van der Waals surface area contributed by atoms with Crippen molar-refractivity contribution in [3.63, 3.8) is 0 Å². The van der Waals surface area contributed by atoms with Crippen LogP contribution in [0, 0.1) is 0 Å². The van der Waals surface area contributed by atoms with Gasteiger partial charge in [-0.25, -0.2) is 4.98 Å². The number of hydrogen-bond donors (Lipinski definition) is 2. The summed E-state index contributed by atoms with van der Waals surface area (Å²) in [5, 5.41) is 0. The van der Waals surface area contributed by atoms with Gasteiger partial charge in [0.2, 0.25) is 5.95 Å². The van der Waals surface area contributed by atoms with E-state index in [0.29, 0.717) is 11.7 Å². The second-order valence-corrected chi connectivity index (χ2v) is 6.53. The third-order valence-corrected chi connectivity index (χ3v) is 4.73. The minimum atomic E-state index is 0.0439. The van der Waals surface area contributed by atoms with Gasteiger partial charge in [-0.1, -0.05) is 62.4 Å². The largest absolute Gasteiger partial charge is 0.383 e. The van der Waals surface area contributed by atoms with Crippen LogP contribution in [-0.4, -0.2) is 9.97 Å². The van der Waals surface area contributed by atoms with Gasteiger partial charge in [0.05, 0.1) is 11.6 Å². The molecule has 4 rings (SSSR count). The highest BCUT2D eigenvalue weighted by molar-refractivity contribution is 5.86. The predicted octanol–water partition coefficient (Wildman–Crippen LogP) is 3.93. The Morgan fingerprint density at radius 2 is 1.54 bits per heavy atom. The Kier molecular flexibility index (Phi) is 3.27. The molecular weight excluding hydrogens is 296 g/mol. The molecule has 2 aromatic carbocycles. The molecule has 1 heterocycles. The van der Waals surface area contributed by atoms with Crippen molar-refractivity contribution in [2.75, 3.05) is 11.5 Å². The molecule has 4 heteroatoms. The average molecular weight is 316 g/mol. The summed E-state index contributed by atoms with van der Waals surface area (Å²) in [4.78, 5) is 8.75. The maximum atomic E-state index is 6.19. The molecule has 0 saturated heterocycles. The Labute approximate surface area is 141 Å². The van der Waals surface area contributed by atoms with Crippen molar-refractivity contribution in [1.82, 2.24) is 9.97 Å². The van der Waals surface area contributed by atoms with Crippen molar-refractivity contribution in [3.05, 3.63) is 70.9 Å². The molecule has 0 radical (unpaired) electrons. The van der Waals surface area contributed by atoms with E-state index >= 15 is 0 Å². The lowest BCUT2D eigenvalue weighted by Gasteiger charge is -2.20. The summed E-state index contributed by atoms with van der Waals surface area (Å²) in [6.07, 6.45) is 0. The van der Waals surface area contributed by atoms with Crippen LogP contribution in [0.15, 0.2) is 48.5 Å². The van der Waals surface area contributed by atoms with E-state index in [1.807, 2.05) is 6.07 Å². The van der Waals surface area contributed by atoms with E-state index in [0.717, 1.165) is 16.8 Å². The SMILES string of the molecule is CC(C)c1ccccc1C1c2ccccc2-c2c(N)nc(N)nc21. The van der Waals surface area contributed by atoms with Crippen LogP contribution in [0.25, 0.3) is 11.1 Å². The Hall–Kier alpha value is -2.88. The van der Waals surface area contributed by atoms with Crippen LogP contribution in [0.2, 0.25) is 0 Å². The van der Waals surface area contributed by atoms with E-state index in [1.165, 1.54) is 16.7 Å². The van der Waals surface area contributed by atoms with Crippen molar-refractivity contribution in [1.29, 1.82) is 0 Å². The van der Waals surface area contributed by atoms with Crippen molar-refractivity contribution in [3.8, 4) is 11.1 Å². The number of hydrogen-bond acceptors (Lipinski definition) is 4. The van der Waals surface area contributed by atoms with Gasteiger partial charge in [-0.3, -0.25) is 0 Å². The van der Waals surface area contributed by atoms with Crippen LogP contribution >= 0.6 is 0 Å². The topological polar surface area (TPSA) is 77.8 Å². The van der Waals surface area contributed by atoms with Crippen molar-refractivity contribution in [2.45, 2.75) is 25.7 Å². The lowest BCUT2D eigenvalue weighted by atomic mass is 9.85. The summed E-state index contributed by atoms with van der Waals surface area (Å²) in [6.45, 7) is 4.42. The lowest BCUT2D eigenvalue weighted by molar-refractivity contribution is 0.824. The molecule has 0 bridgehead atoms. The summed E-state index contributed by atoms with van der Waals surface area (Å²) < 4.78 is 0. The molecule has 4 N–H and O–H groups in total. The van der Waals surface area contributed by atoms with Gasteiger partial charge in [0.25, 0.3) is 0 Å². The fourth-order valence-corrected chi connectivity index (χ4v) is 3.74. The van der Waals surface area contributed by atoms with Gasteiger partial charge in [0.1, 0.15) is 5.82 Å². The minimum Gasteiger partial charge on any atom is -0.383 e. The fourth-order valence-electron chi connectivity index (χ4n) is 3.74. The van der Waals surface area contributed by atoms with E-state index in [4.69, 9.17) is 11.5 Å². The van der Waals surface area contributed by atoms with Gasteiger partial charge in [0.15, 0.2) is 0 Å². The van der Waals surface area contributed by atoms with Gasteiger partial charge in [-0.2, -0.15) is 4.98 Å². The fraction of sp³-hybridized carbons (Fsp3) is 0.200. The molecule has 120 valence electrons. The van der Waals surface area contributed by atoms with E-state index in [9.17, 15) is 0 Å². The van der Waals surface area contributed by atoms with Crippen LogP contribution < -0.4 is 11.5 Å². The zero-order valence-electron chi connectivity index (χ0n) is 13.8. The van der Waals surface area contributed by atoms with Crippen LogP contribution in [0.1, 0.15) is 48.1 Å². The Morgan fingerprint density at radius 1 is 0.875 bits per heavy atom. The molecule has 0 saturated carbocycles. The van der Waals surface area contributed by atoms with Crippen molar-refractivity contribution >= 4 is 11.8 Å². The monoisotopic (exact) mass is 316 g/mol. The first kappa shape index (κ1) is 14.7. The molecular formula is C20H20N4. The number of nitrogens with zero attached hydrogens (tertiary/aromatic N) is 2. The van der Waals surface area contributed by atoms with E-state index < -0.39 is 0 Å². The van der Waals surface area contributed by atoms with Crippen LogP contribution in [0.3, 0.4) is 0 Å². The standard InChI is InChI=1S/C20H20N4/c1-11(2)12-7-3-4-8-13(12)16-14-9-5-6-10-15(14)17-18(16)23-20(22)24-19(17)21/h3-11,16H,1-2H3,(H4,21,22,23,24). The van der Waals surface area contributed by atoms with E-state index in [1.54, 1.807) is 0 Å². The lowest BCUT2D eigenvalue weighted by Crippen LogP contribution is -2.09. The molecule has 1 unspecified atom stereocenters. The zero-order valence-corrected chi connectivity index (χ0v) is 13.8. The van der Waals surface area contributed by atoms with Crippen LogP contribution in [0.4, 0.5) is 11.8 Å². The van der Waals surface area contributed by atoms with Crippen molar-refractivity contribution in [2.24, 2.45) is 0 Å². The molecule has 1 aliphatic carbocycles. The smallest absolute Gasteiger partial charge is 0.222 e. The van der Waals surface area contributed by atoms with Gasteiger partial charge >= 0.3 is 0 Å². The number of benzene rings is 2. The Bertz CT molecular complexity index is 931. The third kappa shape index (κ3) is 2.07. The molecule has 1 aliphatic rings. The maximum absolute atomic E-state index is 6.19. The van der Waals surface area contributed by atoms with Crippen LogP contribution in [-0.2, 0) is 0 Å². The number of fused-ring (bicyclic) bond motifs is 3. The van der Waals surface area contributed by atoms with E-state index in [2.05, 4.69) is 66.3 Å². The first-order valence-corrected chi connectivity index (χ1v) is 8.19. The maximum Gasteiger partial charge on any atom is 0.222 e. The molecule has 1 atom stereocenters. The number of nitrogen functional groups attached to an aromatic ring is 2. The Morgan fingerprint density at radius 3 is 2.29 bits per heavy atom. The first-order valence-electron chi connectivity index (χ1n) is 8.19. The molecule has 24 heavy (non-hydrogen) atoms. The zero-order chi connectivity index (χ0) is 16.8. The quantitative estimate of drug-likeness (QED) is 0.587. The molecule has 4 nitrogen and oxygen atoms in total. The first-order chi connectivity index (χ1) is 11.6. The highest BCUT2D eigenvalue weighted by atomic mass is 15.0. The average Bonchev–Trinajstić information content (AvgIpc) is 2.88. The molecule has 1 aromatic heterocycles. The summed E-state index contributed by atoms with van der Waals surface area (Å²) in [5.41, 5.74) is 18.8. The highest BCUT2D eigenvalue weighted by Crippen LogP contribution is 2.50. The van der Waals surface area contributed by atoms with Crippen LogP contribution in [0.5, 0.6) is 0 Å². The van der Waals surface area contributed by atoms with Crippen molar-refractivity contribution < 1.29 is 0 Å². The molecule has 3 aromatic rings. The van der Waals surface area contributed by atoms with Gasteiger partial charge in [0, 0.05) is 5.56 Å². The predicted molar refractivity (Wildman–Crippen MR) is 97.8 cm³/mol. The normalized spacial score (nSPS) is 15.4.